The van der Waals surface area contributed by atoms with E-state index in [1.165, 1.54) is 23.1 Å². The van der Waals surface area contributed by atoms with Gasteiger partial charge in [0.15, 0.2) is 0 Å². The first-order chi connectivity index (χ1) is 8.91. The molecule has 1 aromatic carbocycles. The molecule has 0 aliphatic carbocycles. The predicted octanol–water partition coefficient (Wildman–Crippen LogP) is 1.59. The summed E-state index contributed by atoms with van der Waals surface area (Å²) in [5.74, 6) is -1.10. The van der Waals surface area contributed by atoms with E-state index < -0.39 is 11.7 Å². The molecule has 2 N–H and O–H groups in total. The van der Waals surface area contributed by atoms with Crippen LogP contribution in [-0.4, -0.2) is 44.0 Å². The smallest absolute Gasteiger partial charge is 0.316 e. The lowest BCUT2D eigenvalue weighted by molar-refractivity contribution is 0.0949. The number of rotatable bonds is 4. The third-order valence-electron chi connectivity index (χ3n) is 2.27. The van der Waals surface area contributed by atoms with Gasteiger partial charge in [-0.3, -0.25) is 4.79 Å². The summed E-state index contributed by atoms with van der Waals surface area (Å²) in [6, 6.07) is 3.89. The average Bonchev–Trinajstić information content (AvgIpc) is 2.36. The van der Waals surface area contributed by atoms with Gasteiger partial charge < -0.3 is 15.5 Å². The molecule has 0 spiro atoms. The Balaban J connectivity index is 2.44. The summed E-state index contributed by atoms with van der Waals surface area (Å²) in [6.07, 6.45) is 0. The third-order valence-corrected chi connectivity index (χ3v) is 2.76. The first-order valence-electron chi connectivity index (χ1n) is 5.60. The second-order valence-corrected chi connectivity index (χ2v) is 4.92. The van der Waals surface area contributed by atoms with Crippen molar-refractivity contribution in [2.75, 3.05) is 27.2 Å². The van der Waals surface area contributed by atoms with Crippen molar-refractivity contribution >= 4 is 27.9 Å². The predicted molar refractivity (Wildman–Crippen MR) is 73.5 cm³/mol. The monoisotopic (exact) mass is 331 g/mol. The largest absolute Gasteiger partial charge is 0.350 e. The minimum atomic E-state index is -0.585. The van der Waals surface area contributed by atoms with Gasteiger partial charge in [-0.15, -0.1) is 0 Å². The zero-order valence-corrected chi connectivity index (χ0v) is 12.3. The standard InChI is InChI=1S/C12H15BrFN3O2/c1-17(2)12(19)16-6-5-15-11(18)9-7-8(13)3-4-10(9)14/h3-4,7H,5-6H2,1-2H3,(H,15,18)(H,16,19). The van der Waals surface area contributed by atoms with Crippen LogP contribution in [0.2, 0.25) is 0 Å². The van der Waals surface area contributed by atoms with Crippen LogP contribution < -0.4 is 10.6 Å². The number of hydrogen-bond acceptors (Lipinski definition) is 2. The van der Waals surface area contributed by atoms with Crippen LogP contribution in [0.25, 0.3) is 0 Å². The van der Waals surface area contributed by atoms with Crippen LogP contribution in [0.3, 0.4) is 0 Å². The third kappa shape index (κ3) is 4.86. The van der Waals surface area contributed by atoms with Gasteiger partial charge in [0.1, 0.15) is 5.82 Å². The van der Waals surface area contributed by atoms with Crippen molar-refractivity contribution in [2.45, 2.75) is 0 Å². The molecular weight excluding hydrogens is 317 g/mol. The number of nitrogens with one attached hydrogen (secondary N) is 2. The Labute approximate surface area is 119 Å². The summed E-state index contributed by atoms with van der Waals surface area (Å²) in [7, 11) is 3.23. The summed E-state index contributed by atoms with van der Waals surface area (Å²) >= 11 is 3.17. The average molecular weight is 332 g/mol. The second kappa shape index (κ2) is 7.08. The van der Waals surface area contributed by atoms with Gasteiger partial charge in [0.05, 0.1) is 5.56 Å². The van der Waals surface area contributed by atoms with E-state index in [0.717, 1.165) is 0 Å². The molecule has 0 saturated carbocycles. The molecule has 0 heterocycles. The first kappa shape index (κ1) is 15.4. The fourth-order valence-corrected chi connectivity index (χ4v) is 1.63. The van der Waals surface area contributed by atoms with E-state index in [4.69, 9.17) is 0 Å². The highest BCUT2D eigenvalue weighted by molar-refractivity contribution is 9.10. The number of carbonyl (C=O) groups is 2. The molecule has 3 amide bonds. The van der Waals surface area contributed by atoms with Gasteiger partial charge in [0.2, 0.25) is 0 Å². The molecule has 5 nitrogen and oxygen atoms in total. The molecule has 0 bridgehead atoms. The SMILES string of the molecule is CN(C)C(=O)NCCNC(=O)c1cc(Br)ccc1F. The number of halogens is 2. The normalized spacial score (nSPS) is 9.89. The molecule has 0 aliphatic heterocycles. The molecule has 0 saturated heterocycles. The second-order valence-electron chi connectivity index (χ2n) is 4.01. The van der Waals surface area contributed by atoms with Crippen molar-refractivity contribution in [1.82, 2.24) is 15.5 Å². The molecule has 1 aromatic rings. The van der Waals surface area contributed by atoms with Crippen LogP contribution in [0.15, 0.2) is 22.7 Å². The maximum Gasteiger partial charge on any atom is 0.316 e. The fraction of sp³-hybridized carbons (Fsp3) is 0.333. The molecular formula is C12H15BrFN3O2. The Bertz CT molecular complexity index is 480. The summed E-state index contributed by atoms with van der Waals surface area (Å²) in [5.41, 5.74) is -0.0340. The minimum Gasteiger partial charge on any atom is -0.350 e. The van der Waals surface area contributed by atoms with Gasteiger partial charge >= 0.3 is 6.03 Å². The maximum absolute atomic E-state index is 13.4. The van der Waals surface area contributed by atoms with Crippen LogP contribution in [-0.2, 0) is 0 Å². The van der Waals surface area contributed by atoms with E-state index in [1.54, 1.807) is 14.1 Å². The number of hydrogen-bond donors (Lipinski definition) is 2. The zero-order chi connectivity index (χ0) is 14.4. The lowest BCUT2D eigenvalue weighted by Crippen LogP contribution is -2.39. The van der Waals surface area contributed by atoms with Gasteiger partial charge in [-0.2, -0.15) is 0 Å². The van der Waals surface area contributed by atoms with Gasteiger partial charge in [-0.05, 0) is 18.2 Å². The summed E-state index contributed by atoms with van der Waals surface area (Å²) in [5, 5.41) is 5.11. The molecule has 0 aliphatic rings. The van der Waals surface area contributed by atoms with E-state index in [0.29, 0.717) is 4.47 Å². The Morgan fingerprint density at radius 1 is 1.26 bits per heavy atom. The number of urea groups is 1. The van der Waals surface area contributed by atoms with Crippen molar-refractivity contribution in [3.05, 3.63) is 34.1 Å². The van der Waals surface area contributed by atoms with Crippen LogP contribution in [0, 0.1) is 5.82 Å². The Morgan fingerprint density at radius 2 is 1.89 bits per heavy atom. The lowest BCUT2D eigenvalue weighted by Gasteiger charge is -2.12. The number of nitrogens with zero attached hydrogens (tertiary/aromatic N) is 1. The van der Waals surface area contributed by atoms with Crippen molar-refractivity contribution in [1.29, 1.82) is 0 Å². The number of carbonyl (C=O) groups excluding carboxylic acids is 2. The molecule has 0 unspecified atom stereocenters. The number of benzene rings is 1. The van der Waals surface area contributed by atoms with Crippen molar-refractivity contribution < 1.29 is 14.0 Å². The molecule has 19 heavy (non-hydrogen) atoms. The van der Waals surface area contributed by atoms with Gasteiger partial charge in [0.25, 0.3) is 5.91 Å². The molecule has 0 fully saturated rings. The van der Waals surface area contributed by atoms with Crippen LogP contribution in [0.4, 0.5) is 9.18 Å². The van der Waals surface area contributed by atoms with E-state index in [2.05, 4.69) is 26.6 Å². The molecule has 104 valence electrons. The number of amides is 3. The lowest BCUT2D eigenvalue weighted by atomic mass is 10.2. The topological polar surface area (TPSA) is 61.4 Å². The highest BCUT2D eigenvalue weighted by Gasteiger charge is 2.11. The first-order valence-corrected chi connectivity index (χ1v) is 6.39. The highest BCUT2D eigenvalue weighted by Crippen LogP contribution is 2.15. The van der Waals surface area contributed by atoms with Crippen LogP contribution >= 0.6 is 15.9 Å². The van der Waals surface area contributed by atoms with E-state index in [9.17, 15) is 14.0 Å². The Morgan fingerprint density at radius 3 is 2.53 bits per heavy atom. The Hall–Kier alpha value is -1.63. The van der Waals surface area contributed by atoms with E-state index >= 15 is 0 Å². The minimum absolute atomic E-state index is 0.0340. The van der Waals surface area contributed by atoms with Gasteiger partial charge in [-0.1, -0.05) is 15.9 Å². The van der Waals surface area contributed by atoms with Crippen LogP contribution in [0.5, 0.6) is 0 Å². The summed E-state index contributed by atoms with van der Waals surface area (Å²) in [4.78, 5) is 24.3. The molecule has 0 radical (unpaired) electrons. The zero-order valence-electron chi connectivity index (χ0n) is 10.7. The summed E-state index contributed by atoms with van der Waals surface area (Å²) in [6.45, 7) is 0.503. The molecule has 0 aromatic heterocycles. The quantitative estimate of drug-likeness (QED) is 0.823. The van der Waals surface area contributed by atoms with Crippen molar-refractivity contribution in [2.24, 2.45) is 0 Å². The summed E-state index contributed by atoms with van der Waals surface area (Å²) < 4.78 is 14.0. The Kier molecular flexibility index (Phi) is 5.75. The molecule has 0 atom stereocenters. The maximum atomic E-state index is 13.4. The van der Waals surface area contributed by atoms with E-state index in [1.807, 2.05) is 0 Å². The molecule has 7 heteroatoms. The molecule has 1 rings (SSSR count). The highest BCUT2D eigenvalue weighted by atomic mass is 79.9. The van der Waals surface area contributed by atoms with Crippen molar-refractivity contribution in [3.63, 3.8) is 0 Å². The van der Waals surface area contributed by atoms with Crippen LogP contribution in [0.1, 0.15) is 10.4 Å². The van der Waals surface area contributed by atoms with Gasteiger partial charge in [0, 0.05) is 31.7 Å². The van der Waals surface area contributed by atoms with Gasteiger partial charge in [-0.25, -0.2) is 9.18 Å². The fourth-order valence-electron chi connectivity index (χ4n) is 1.27. The van der Waals surface area contributed by atoms with E-state index in [-0.39, 0.29) is 24.7 Å². The van der Waals surface area contributed by atoms with Crippen molar-refractivity contribution in [3.8, 4) is 0 Å².